The van der Waals surface area contributed by atoms with Crippen LogP contribution in [0.5, 0.6) is 5.75 Å². The Balaban J connectivity index is 1.48. The number of amides is 1. The first-order valence-corrected chi connectivity index (χ1v) is 10.0. The van der Waals surface area contributed by atoms with Gasteiger partial charge in [-0.2, -0.15) is 0 Å². The van der Waals surface area contributed by atoms with Gasteiger partial charge in [-0.3, -0.25) is 4.79 Å². The van der Waals surface area contributed by atoms with E-state index in [9.17, 15) is 4.79 Å². The van der Waals surface area contributed by atoms with Crippen LogP contribution in [0.2, 0.25) is 15.1 Å². The van der Waals surface area contributed by atoms with Crippen molar-refractivity contribution < 1.29 is 9.53 Å². The van der Waals surface area contributed by atoms with Crippen LogP contribution in [-0.2, 0) is 4.79 Å². The Morgan fingerprint density at radius 2 is 1.89 bits per heavy atom. The second-order valence-corrected chi connectivity index (χ2v) is 7.63. The van der Waals surface area contributed by atoms with Gasteiger partial charge in [-0.1, -0.05) is 34.8 Å². The lowest BCUT2D eigenvalue weighted by atomic mass is 10.2. The first-order chi connectivity index (χ1) is 13.5. The van der Waals surface area contributed by atoms with Gasteiger partial charge >= 0.3 is 0 Å². The molecule has 0 atom stereocenters. The highest BCUT2D eigenvalue weighted by molar-refractivity contribution is 6.36. The third-order valence-corrected chi connectivity index (χ3v) is 5.26. The fraction of sp³-hybridized carbons (Fsp3) is 0.368. The normalized spacial score (nSPS) is 14.1. The van der Waals surface area contributed by atoms with Gasteiger partial charge in [-0.05, 0) is 24.3 Å². The van der Waals surface area contributed by atoms with E-state index in [4.69, 9.17) is 39.5 Å². The van der Waals surface area contributed by atoms with Crippen molar-refractivity contribution in [2.24, 2.45) is 0 Å². The molecule has 0 saturated carbocycles. The first kappa shape index (κ1) is 20.8. The van der Waals surface area contributed by atoms with Crippen molar-refractivity contribution in [2.75, 3.05) is 50.1 Å². The van der Waals surface area contributed by atoms with Crippen molar-refractivity contribution >= 4 is 52.2 Å². The molecule has 0 aliphatic carbocycles. The molecule has 1 aromatic heterocycles. The largest absolute Gasteiger partial charge is 0.495 e. The van der Waals surface area contributed by atoms with Crippen molar-refractivity contribution in [3.8, 4) is 5.75 Å². The molecule has 6 nitrogen and oxygen atoms in total. The lowest BCUT2D eigenvalue weighted by molar-refractivity contribution is -0.131. The molecule has 0 unspecified atom stereocenters. The van der Waals surface area contributed by atoms with Crippen LogP contribution in [-0.4, -0.2) is 55.6 Å². The van der Waals surface area contributed by atoms with E-state index >= 15 is 0 Å². The molecule has 1 aliphatic rings. The number of hydrogen-bond donors (Lipinski definition) is 1. The summed E-state index contributed by atoms with van der Waals surface area (Å²) in [5.74, 6) is 1.49. The molecule has 0 spiro atoms. The minimum atomic E-state index is 0.100. The van der Waals surface area contributed by atoms with Gasteiger partial charge in [-0.15, -0.1) is 0 Å². The molecule has 1 saturated heterocycles. The van der Waals surface area contributed by atoms with Crippen LogP contribution >= 0.6 is 34.8 Å². The lowest BCUT2D eigenvalue weighted by Gasteiger charge is -2.35. The Hall–Kier alpha value is -1.89. The maximum Gasteiger partial charge on any atom is 0.224 e. The molecule has 9 heteroatoms. The number of piperazine rings is 1. The van der Waals surface area contributed by atoms with E-state index in [0.717, 1.165) is 5.69 Å². The molecule has 1 amide bonds. The summed E-state index contributed by atoms with van der Waals surface area (Å²) in [5.41, 5.74) is 0.774. The smallest absolute Gasteiger partial charge is 0.224 e. The molecule has 3 rings (SSSR count). The number of anilines is 2. The van der Waals surface area contributed by atoms with Crippen LogP contribution in [0.15, 0.2) is 30.5 Å². The number of rotatable bonds is 6. The highest BCUT2D eigenvalue weighted by atomic mass is 35.5. The Labute approximate surface area is 179 Å². The van der Waals surface area contributed by atoms with E-state index in [1.54, 1.807) is 37.6 Å². The molecule has 1 N–H and O–H groups in total. The molecule has 1 aromatic carbocycles. The molecule has 0 bridgehead atoms. The maximum absolute atomic E-state index is 12.5. The Morgan fingerprint density at radius 1 is 1.14 bits per heavy atom. The van der Waals surface area contributed by atoms with Gasteiger partial charge in [0.25, 0.3) is 0 Å². The fourth-order valence-electron chi connectivity index (χ4n) is 3.09. The number of methoxy groups -OCH3 is 1. The van der Waals surface area contributed by atoms with Gasteiger partial charge in [0.1, 0.15) is 11.6 Å². The predicted molar refractivity (Wildman–Crippen MR) is 114 cm³/mol. The van der Waals surface area contributed by atoms with E-state index in [1.165, 1.54) is 0 Å². The molecule has 1 fully saturated rings. The molecule has 1 aliphatic heterocycles. The summed E-state index contributed by atoms with van der Waals surface area (Å²) in [6, 6.07) is 7.02. The number of carbonyl (C=O) groups is 1. The summed E-state index contributed by atoms with van der Waals surface area (Å²) >= 11 is 18.2. The summed E-state index contributed by atoms with van der Waals surface area (Å²) in [6.45, 7) is 3.10. The standard InChI is InChI=1S/C19H21Cl3N4O2/c1-28-17-3-2-13(20)11-16(17)23-5-4-18(27)25-6-8-26(9-7-25)19-15(22)10-14(21)12-24-19/h2-3,10-12,23H,4-9H2,1H3. The molecule has 28 heavy (non-hydrogen) atoms. The average molecular weight is 444 g/mol. The highest BCUT2D eigenvalue weighted by Gasteiger charge is 2.23. The van der Waals surface area contributed by atoms with Crippen LogP contribution in [0, 0.1) is 0 Å². The molecule has 150 valence electrons. The number of aromatic nitrogens is 1. The molecular formula is C19H21Cl3N4O2. The summed E-state index contributed by atoms with van der Waals surface area (Å²) in [6.07, 6.45) is 1.96. The Kier molecular flexibility index (Phi) is 7.10. The van der Waals surface area contributed by atoms with Gasteiger partial charge in [0, 0.05) is 50.4 Å². The second kappa shape index (κ2) is 9.54. The topological polar surface area (TPSA) is 57.7 Å². The van der Waals surface area contributed by atoms with E-state index in [0.29, 0.717) is 65.8 Å². The zero-order valence-corrected chi connectivity index (χ0v) is 17.7. The summed E-state index contributed by atoms with van der Waals surface area (Å²) in [4.78, 5) is 20.7. The third kappa shape index (κ3) is 5.13. The number of nitrogens with zero attached hydrogens (tertiary/aromatic N) is 3. The van der Waals surface area contributed by atoms with Gasteiger partial charge in [-0.25, -0.2) is 4.98 Å². The maximum atomic E-state index is 12.5. The van der Waals surface area contributed by atoms with E-state index in [1.807, 2.05) is 4.90 Å². The predicted octanol–water partition coefficient (Wildman–Crippen LogP) is 4.20. The van der Waals surface area contributed by atoms with Crippen molar-refractivity contribution in [3.63, 3.8) is 0 Å². The number of ether oxygens (including phenoxy) is 1. The van der Waals surface area contributed by atoms with Crippen LogP contribution in [0.1, 0.15) is 6.42 Å². The SMILES string of the molecule is COc1ccc(Cl)cc1NCCC(=O)N1CCN(c2ncc(Cl)cc2Cl)CC1. The number of hydrogen-bond acceptors (Lipinski definition) is 5. The van der Waals surface area contributed by atoms with Crippen LogP contribution in [0.4, 0.5) is 11.5 Å². The van der Waals surface area contributed by atoms with E-state index in [-0.39, 0.29) is 5.91 Å². The highest BCUT2D eigenvalue weighted by Crippen LogP contribution is 2.28. The Morgan fingerprint density at radius 3 is 2.57 bits per heavy atom. The van der Waals surface area contributed by atoms with Gasteiger partial charge in [0.2, 0.25) is 5.91 Å². The van der Waals surface area contributed by atoms with Crippen molar-refractivity contribution in [3.05, 3.63) is 45.5 Å². The van der Waals surface area contributed by atoms with Crippen LogP contribution in [0.25, 0.3) is 0 Å². The van der Waals surface area contributed by atoms with Crippen LogP contribution < -0.4 is 15.0 Å². The lowest BCUT2D eigenvalue weighted by Crippen LogP contribution is -2.49. The molecule has 0 radical (unpaired) electrons. The minimum Gasteiger partial charge on any atom is -0.495 e. The summed E-state index contributed by atoms with van der Waals surface area (Å²) in [7, 11) is 1.60. The van der Waals surface area contributed by atoms with Crippen molar-refractivity contribution in [1.82, 2.24) is 9.88 Å². The number of halogens is 3. The number of pyridine rings is 1. The number of carbonyl (C=O) groups excluding carboxylic acids is 1. The van der Waals surface area contributed by atoms with Crippen LogP contribution in [0.3, 0.4) is 0 Å². The third-order valence-electron chi connectivity index (χ3n) is 4.54. The number of benzene rings is 1. The second-order valence-electron chi connectivity index (χ2n) is 6.35. The molecular weight excluding hydrogens is 423 g/mol. The first-order valence-electron chi connectivity index (χ1n) is 8.89. The van der Waals surface area contributed by atoms with Crippen molar-refractivity contribution in [1.29, 1.82) is 0 Å². The zero-order valence-electron chi connectivity index (χ0n) is 15.4. The van der Waals surface area contributed by atoms with Gasteiger partial charge in [0.05, 0.1) is 22.8 Å². The Bertz CT molecular complexity index is 842. The monoisotopic (exact) mass is 442 g/mol. The van der Waals surface area contributed by atoms with Crippen molar-refractivity contribution in [2.45, 2.75) is 6.42 Å². The fourth-order valence-corrected chi connectivity index (χ4v) is 3.76. The van der Waals surface area contributed by atoms with E-state index in [2.05, 4.69) is 15.2 Å². The average Bonchev–Trinajstić information content (AvgIpc) is 2.68. The summed E-state index contributed by atoms with van der Waals surface area (Å²) < 4.78 is 5.30. The molecule has 2 aromatic rings. The van der Waals surface area contributed by atoms with Gasteiger partial charge < -0.3 is 19.9 Å². The van der Waals surface area contributed by atoms with E-state index < -0.39 is 0 Å². The minimum absolute atomic E-state index is 0.100. The quantitative estimate of drug-likeness (QED) is 0.725. The zero-order chi connectivity index (χ0) is 20.1. The summed E-state index contributed by atoms with van der Waals surface area (Å²) in [5, 5.41) is 4.85. The molecule has 2 heterocycles. The number of nitrogens with one attached hydrogen (secondary N) is 1. The van der Waals surface area contributed by atoms with Gasteiger partial charge in [0.15, 0.2) is 0 Å².